The molecular formula is C19H23N3O3. The number of carbonyl (C=O) groups is 1. The third kappa shape index (κ3) is 2.74. The van der Waals surface area contributed by atoms with Crippen molar-refractivity contribution in [3.8, 4) is 11.5 Å². The van der Waals surface area contributed by atoms with E-state index in [9.17, 15) is 4.79 Å². The zero-order valence-electron chi connectivity index (χ0n) is 14.7. The average molecular weight is 341 g/mol. The molecule has 0 atom stereocenters. The first-order valence-electron chi connectivity index (χ1n) is 8.87. The number of carbonyl (C=O) groups excluding carboxylic acids is 1. The Kier molecular flexibility index (Phi) is 4.07. The van der Waals surface area contributed by atoms with Gasteiger partial charge in [-0.05, 0) is 43.0 Å². The first-order chi connectivity index (χ1) is 12.1. The van der Waals surface area contributed by atoms with E-state index in [4.69, 9.17) is 14.2 Å². The van der Waals surface area contributed by atoms with Crippen LogP contribution in [0.15, 0.2) is 22.7 Å². The summed E-state index contributed by atoms with van der Waals surface area (Å²) in [6, 6.07) is 5.99. The van der Waals surface area contributed by atoms with Gasteiger partial charge in [-0.1, -0.05) is 18.0 Å². The van der Waals surface area contributed by atoms with Gasteiger partial charge in [0, 0.05) is 31.8 Å². The minimum atomic E-state index is -0.112. The highest BCUT2D eigenvalue weighted by Gasteiger charge is 2.40. The Morgan fingerprint density at radius 1 is 1.36 bits per heavy atom. The molecule has 0 radical (unpaired) electrons. The van der Waals surface area contributed by atoms with E-state index in [1.54, 1.807) is 14.0 Å². The minimum absolute atomic E-state index is 0.0781. The maximum Gasteiger partial charge on any atom is 0.257 e. The molecule has 1 fully saturated rings. The first-order valence-corrected chi connectivity index (χ1v) is 8.87. The molecule has 25 heavy (non-hydrogen) atoms. The van der Waals surface area contributed by atoms with Crippen molar-refractivity contribution in [1.82, 2.24) is 10.1 Å². The van der Waals surface area contributed by atoms with E-state index in [0.717, 1.165) is 48.4 Å². The molecule has 1 aromatic carbocycles. The molecule has 132 valence electrons. The Bertz CT molecular complexity index is 793. The Morgan fingerprint density at radius 3 is 2.88 bits per heavy atom. The normalized spacial score (nSPS) is 18.6. The number of fused-ring (bicyclic) bond motifs is 1. The average Bonchev–Trinajstić information content (AvgIpc) is 3.33. The van der Waals surface area contributed by atoms with Crippen LogP contribution in [-0.4, -0.2) is 36.3 Å². The van der Waals surface area contributed by atoms with Crippen molar-refractivity contribution in [2.45, 2.75) is 44.4 Å². The number of nitrogens with zero attached hydrogens (tertiary/aromatic N) is 3. The van der Waals surface area contributed by atoms with Gasteiger partial charge >= 0.3 is 0 Å². The second-order valence-electron chi connectivity index (χ2n) is 7.11. The highest BCUT2D eigenvalue weighted by molar-refractivity contribution is 5.94. The highest BCUT2D eigenvalue weighted by Crippen LogP contribution is 2.41. The fourth-order valence-corrected chi connectivity index (χ4v) is 4.18. The van der Waals surface area contributed by atoms with E-state index in [2.05, 4.69) is 11.2 Å². The molecule has 0 spiro atoms. The first kappa shape index (κ1) is 16.3. The molecule has 6 nitrogen and oxygen atoms in total. The summed E-state index contributed by atoms with van der Waals surface area (Å²) in [5.74, 6) is 1.38. The van der Waals surface area contributed by atoms with Crippen molar-refractivity contribution >= 4 is 11.6 Å². The Morgan fingerprint density at radius 2 is 2.16 bits per heavy atom. The standard InChI is InChI=1S/C19H23N3O3/c1-13(23)22-10-7-14-11-15(5-6-16(14)22)17-20-18(21-25-17)19(12-24-2)8-3-4-9-19/h5-6,11H,3-4,7-10,12H2,1-2H3. The summed E-state index contributed by atoms with van der Waals surface area (Å²) in [6.45, 7) is 2.97. The second kappa shape index (κ2) is 6.26. The molecular weight excluding hydrogens is 318 g/mol. The predicted octanol–water partition coefficient (Wildman–Crippen LogP) is 3.10. The van der Waals surface area contributed by atoms with E-state index >= 15 is 0 Å². The Labute approximate surface area is 147 Å². The summed E-state index contributed by atoms with van der Waals surface area (Å²) in [5, 5.41) is 4.27. The molecule has 0 unspecified atom stereocenters. The lowest BCUT2D eigenvalue weighted by molar-refractivity contribution is -0.116. The lowest BCUT2D eigenvalue weighted by atomic mass is 9.86. The van der Waals surface area contributed by atoms with Crippen LogP contribution in [0, 0.1) is 0 Å². The largest absolute Gasteiger partial charge is 0.384 e. The molecule has 2 aromatic rings. The SMILES string of the molecule is COCC1(c2noc(-c3ccc4c(c3)CCN4C(C)=O)n2)CCCC1. The molecule has 0 saturated heterocycles. The van der Waals surface area contributed by atoms with Crippen molar-refractivity contribution in [3.63, 3.8) is 0 Å². The number of hydrogen-bond donors (Lipinski definition) is 0. The molecule has 2 aliphatic rings. The summed E-state index contributed by atoms with van der Waals surface area (Å²) >= 11 is 0. The van der Waals surface area contributed by atoms with Crippen molar-refractivity contribution in [3.05, 3.63) is 29.6 Å². The van der Waals surface area contributed by atoms with Crippen molar-refractivity contribution < 1.29 is 14.1 Å². The highest BCUT2D eigenvalue weighted by atomic mass is 16.5. The Hall–Kier alpha value is -2.21. The smallest absolute Gasteiger partial charge is 0.257 e. The van der Waals surface area contributed by atoms with Gasteiger partial charge in [-0.3, -0.25) is 4.79 Å². The van der Waals surface area contributed by atoms with Crippen LogP contribution in [0.3, 0.4) is 0 Å². The molecule has 4 rings (SSSR count). The van der Waals surface area contributed by atoms with Gasteiger partial charge in [0.15, 0.2) is 5.82 Å². The third-order valence-corrected chi connectivity index (χ3v) is 5.48. The van der Waals surface area contributed by atoms with E-state index < -0.39 is 0 Å². The number of aromatic nitrogens is 2. The molecule has 1 saturated carbocycles. The summed E-state index contributed by atoms with van der Waals surface area (Å²) in [6.07, 6.45) is 5.28. The number of anilines is 1. The quantitative estimate of drug-likeness (QED) is 0.855. The van der Waals surface area contributed by atoms with E-state index in [-0.39, 0.29) is 11.3 Å². The molecule has 0 bridgehead atoms. The lowest BCUT2D eigenvalue weighted by Crippen LogP contribution is -2.29. The molecule has 1 aromatic heterocycles. The molecule has 6 heteroatoms. The van der Waals surface area contributed by atoms with Gasteiger partial charge in [0.2, 0.25) is 5.91 Å². The van der Waals surface area contributed by atoms with Crippen LogP contribution in [-0.2, 0) is 21.4 Å². The monoisotopic (exact) mass is 341 g/mol. The number of rotatable bonds is 4. The molecule has 1 aliphatic heterocycles. The van der Waals surface area contributed by atoms with Crippen LogP contribution >= 0.6 is 0 Å². The maximum absolute atomic E-state index is 11.7. The number of hydrogen-bond acceptors (Lipinski definition) is 5. The second-order valence-corrected chi connectivity index (χ2v) is 7.11. The zero-order valence-corrected chi connectivity index (χ0v) is 14.7. The predicted molar refractivity (Wildman–Crippen MR) is 93.5 cm³/mol. The van der Waals surface area contributed by atoms with E-state index in [1.807, 2.05) is 17.0 Å². The van der Waals surface area contributed by atoms with Crippen molar-refractivity contribution in [1.29, 1.82) is 0 Å². The number of ether oxygens (including phenoxy) is 1. The van der Waals surface area contributed by atoms with Crippen LogP contribution in [0.1, 0.15) is 44.0 Å². The Balaban J connectivity index is 1.64. The summed E-state index contributed by atoms with van der Waals surface area (Å²) in [5.41, 5.74) is 2.94. The topological polar surface area (TPSA) is 68.5 Å². The molecule has 2 heterocycles. The summed E-state index contributed by atoms with van der Waals surface area (Å²) in [4.78, 5) is 18.2. The van der Waals surface area contributed by atoms with Gasteiger partial charge in [0.05, 0.1) is 12.0 Å². The number of methoxy groups -OCH3 is 1. The van der Waals surface area contributed by atoms with Gasteiger partial charge in [-0.2, -0.15) is 4.98 Å². The van der Waals surface area contributed by atoms with Crippen molar-refractivity contribution in [2.24, 2.45) is 0 Å². The molecule has 0 N–H and O–H groups in total. The fourth-order valence-electron chi connectivity index (χ4n) is 4.18. The molecule has 1 amide bonds. The fraction of sp³-hybridized carbons (Fsp3) is 0.526. The van der Waals surface area contributed by atoms with E-state index in [0.29, 0.717) is 12.5 Å². The summed E-state index contributed by atoms with van der Waals surface area (Å²) in [7, 11) is 1.72. The van der Waals surface area contributed by atoms with Crippen LogP contribution in [0.4, 0.5) is 5.69 Å². The number of amides is 1. The van der Waals surface area contributed by atoms with Crippen LogP contribution in [0.25, 0.3) is 11.5 Å². The minimum Gasteiger partial charge on any atom is -0.384 e. The van der Waals surface area contributed by atoms with E-state index in [1.165, 1.54) is 12.8 Å². The van der Waals surface area contributed by atoms with Gasteiger partial charge < -0.3 is 14.2 Å². The van der Waals surface area contributed by atoms with Crippen LogP contribution in [0.5, 0.6) is 0 Å². The van der Waals surface area contributed by atoms with Crippen LogP contribution in [0.2, 0.25) is 0 Å². The van der Waals surface area contributed by atoms with Crippen molar-refractivity contribution in [2.75, 3.05) is 25.2 Å². The maximum atomic E-state index is 11.7. The zero-order chi connectivity index (χ0) is 17.4. The van der Waals surface area contributed by atoms with Gasteiger partial charge in [-0.25, -0.2) is 0 Å². The number of benzene rings is 1. The van der Waals surface area contributed by atoms with Gasteiger partial charge in [0.25, 0.3) is 5.89 Å². The molecule has 1 aliphatic carbocycles. The van der Waals surface area contributed by atoms with Crippen LogP contribution < -0.4 is 4.90 Å². The van der Waals surface area contributed by atoms with Gasteiger partial charge in [0.1, 0.15) is 0 Å². The third-order valence-electron chi connectivity index (χ3n) is 5.48. The van der Waals surface area contributed by atoms with Gasteiger partial charge in [-0.15, -0.1) is 0 Å². The summed E-state index contributed by atoms with van der Waals surface area (Å²) < 4.78 is 11.0. The lowest BCUT2D eigenvalue weighted by Gasteiger charge is -2.23.